The van der Waals surface area contributed by atoms with Crippen LogP contribution in [0.25, 0.3) is 0 Å². The third-order valence-electron chi connectivity index (χ3n) is 4.94. The molecule has 0 fully saturated rings. The lowest BCUT2D eigenvalue weighted by Gasteiger charge is -2.15. The van der Waals surface area contributed by atoms with E-state index in [0.717, 1.165) is 17.0 Å². The van der Waals surface area contributed by atoms with Gasteiger partial charge in [0.1, 0.15) is 5.82 Å². The summed E-state index contributed by atoms with van der Waals surface area (Å²) in [5.74, 6) is -5.89. The molecule has 1 heterocycles. The van der Waals surface area contributed by atoms with E-state index in [1.54, 1.807) is 24.3 Å². The molecule has 5 nitrogen and oxygen atoms in total. The van der Waals surface area contributed by atoms with Crippen LogP contribution in [0.2, 0.25) is 0 Å². The molecule has 0 saturated carbocycles. The highest BCUT2D eigenvalue weighted by Crippen LogP contribution is 2.37. The van der Waals surface area contributed by atoms with Crippen molar-refractivity contribution in [1.82, 2.24) is 4.90 Å². The predicted molar refractivity (Wildman–Crippen MR) is 99.5 cm³/mol. The molecule has 2 N–H and O–H groups in total. The minimum absolute atomic E-state index is 0.0321. The van der Waals surface area contributed by atoms with Crippen LogP contribution in [-0.2, 0) is 13.0 Å². The number of nitrogens with zero attached hydrogens (tertiary/aromatic N) is 1. The molecule has 0 radical (unpaired) electrons. The van der Waals surface area contributed by atoms with Crippen molar-refractivity contribution in [3.8, 4) is 11.5 Å². The van der Waals surface area contributed by atoms with Gasteiger partial charge in [-0.3, -0.25) is 14.5 Å². The topological polar surface area (TPSA) is 77.8 Å². The molecule has 152 valence electrons. The summed E-state index contributed by atoms with van der Waals surface area (Å²) in [7, 11) is 0. The maximum Gasteiger partial charge on any atom is 0.265 e. The smallest absolute Gasteiger partial charge is 0.265 e. The van der Waals surface area contributed by atoms with Gasteiger partial charge in [-0.25, -0.2) is 13.2 Å². The van der Waals surface area contributed by atoms with E-state index < -0.39 is 46.3 Å². The maximum absolute atomic E-state index is 13.9. The SMILES string of the molecule is O=C1c2ccc(O)c(O)c2C(=O)N1Cc1cccc(Cc2c(F)ccc(F)c2F)c1. The zero-order valence-corrected chi connectivity index (χ0v) is 15.3. The summed E-state index contributed by atoms with van der Waals surface area (Å²) >= 11 is 0. The van der Waals surface area contributed by atoms with Gasteiger partial charge in [0.2, 0.25) is 0 Å². The monoisotopic (exact) mass is 413 g/mol. The number of carbonyl (C=O) groups is 2. The Labute approximate surface area is 168 Å². The molecule has 8 heteroatoms. The second-order valence-corrected chi connectivity index (χ2v) is 6.87. The molecule has 0 saturated heterocycles. The number of amides is 2. The van der Waals surface area contributed by atoms with Gasteiger partial charge < -0.3 is 10.2 Å². The van der Waals surface area contributed by atoms with Crippen LogP contribution in [-0.4, -0.2) is 26.9 Å². The van der Waals surface area contributed by atoms with Crippen molar-refractivity contribution in [3.63, 3.8) is 0 Å². The van der Waals surface area contributed by atoms with E-state index in [0.29, 0.717) is 17.2 Å². The second kappa shape index (κ2) is 7.22. The molecule has 0 aromatic heterocycles. The van der Waals surface area contributed by atoms with E-state index in [1.807, 2.05) is 0 Å². The quantitative estimate of drug-likeness (QED) is 0.386. The highest BCUT2D eigenvalue weighted by molar-refractivity contribution is 6.22. The molecule has 0 unspecified atom stereocenters. The summed E-state index contributed by atoms with van der Waals surface area (Å²) in [5.41, 5.74) is 0.208. The third-order valence-corrected chi connectivity index (χ3v) is 4.94. The van der Waals surface area contributed by atoms with Crippen molar-refractivity contribution in [2.75, 3.05) is 0 Å². The normalized spacial score (nSPS) is 13.1. The van der Waals surface area contributed by atoms with Gasteiger partial charge >= 0.3 is 0 Å². The van der Waals surface area contributed by atoms with E-state index in [-0.39, 0.29) is 24.1 Å². The predicted octanol–water partition coefficient (Wildman–Crippen LogP) is 3.90. The van der Waals surface area contributed by atoms with Crippen LogP contribution in [0.15, 0.2) is 48.5 Å². The lowest BCUT2D eigenvalue weighted by molar-refractivity contribution is 0.0641. The standard InChI is InChI=1S/C22H14F3NO4/c23-15-5-6-16(24)19(25)14(15)9-11-2-1-3-12(8-11)10-26-21(29)13-4-7-17(27)20(28)18(13)22(26)30/h1-8,27-28H,9-10H2. The Kier molecular flexibility index (Phi) is 4.69. The van der Waals surface area contributed by atoms with Crippen LogP contribution in [0.3, 0.4) is 0 Å². The van der Waals surface area contributed by atoms with Crippen LogP contribution in [0.5, 0.6) is 11.5 Å². The number of imide groups is 1. The molecular weight excluding hydrogens is 399 g/mol. The first kappa shape index (κ1) is 19.5. The average molecular weight is 413 g/mol. The summed E-state index contributed by atoms with van der Waals surface area (Å²) in [6.07, 6.45) is -0.222. The minimum Gasteiger partial charge on any atom is -0.504 e. The number of carbonyl (C=O) groups excluding carboxylic acids is 2. The van der Waals surface area contributed by atoms with Crippen LogP contribution in [0, 0.1) is 17.5 Å². The van der Waals surface area contributed by atoms with Gasteiger partial charge in [-0.05, 0) is 35.4 Å². The fourth-order valence-corrected chi connectivity index (χ4v) is 3.45. The van der Waals surface area contributed by atoms with Gasteiger partial charge in [0.25, 0.3) is 11.8 Å². The van der Waals surface area contributed by atoms with Crippen molar-refractivity contribution in [3.05, 3.63) is 93.8 Å². The fourth-order valence-electron chi connectivity index (χ4n) is 3.45. The van der Waals surface area contributed by atoms with E-state index >= 15 is 0 Å². The molecule has 2 amide bonds. The summed E-state index contributed by atoms with van der Waals surface area (Å²) in [6.45, 7) is -0.158. The summed E-state index contributed by atoms with van der Waals surface area (Å²) in [6, 6.07) is 10.2. The third kappa shape index (κ3) is 3.16. The number of fused-ring (bicyclic) bond motifs is 1. The van der Waals surface area contributed by atoms with Gasteiger partial charge in [0, 0.05) is 12.0 Å². The minimum atomic E-state index is -1.27. The Hall–Kier alpha value is -3.81. The number of hydrogen-bond donors (Lipinski definition) is 2. The van der Waals surface area contributed by atoms with E-state index in [2.05, 4.69) is 0 Å². The van der Waals surface area contributed by atoms with Crippen molar-refractivity contribution in [2.45, 2.75) is 13.0 Å². The van der Waals surface area contributed by atoms with Crippen LogP contribution in [0.1, 0.15) is 37.4 Å². The molecule has 3 aromatic carbocycles. The molecule has 3 aromatic rings. The first-order valence-corrected chi connectivity index (χ1v) is 8.89. The molecule has 0 spiro atoms. The van der Waals surface area contributed by atoms with Gasteiger partial charge in [0.15, 0.2) is 23.1 Å². The number of phenols is 2. The lowest BCUT2D eigenvalue weighted by atomic mass is 10.0. The summed E-state index contributed by atoms with van der Waals surface area (Å²) in [5, 5.41) is 19.5. The Balaban J connectivity index is 1.61. The van der Waals surface area contributed by atoms with Crippen molar-refractivity contribution in [2.24, 2.45) is 0 Å². The van der Waals surface area contributed by atoms with Crippen LogP contribution < -0.4 is 0 Å². The van der Waals surface area contributed by atoms with E-state index in [4.69, 9.17) is 0 Å². The van der Waals surface area contributed by atoms with Gasteiger partial charge in [-0.2, -0.15) is 0 Å². The number of benzene rings is 3. The lowest BCUT2D eigenvalue weighted by Crippen LogP contribution is -2.29. The zero-order chi connectivity index (χ0) is 21.6. The van der Waals surface area contributed by atoms with Gasteiger partial charge in [-0.15, -0.1) is 0 Å². The largest absolute Gasteiger partial charge is 0.504 e. The molecule has 0 aliphatic carbocycles. The Morgan fingerprint density at radius 2 is 1.53 bits per heavy atom. The highest BCUT2D eigenvalue weighted by Gasteiger charge is 2.38. The van der Waals surface area contributed by atoms with Crippen LogP contribution in [0.4, 0.5) is 13.2 Å². The van der Waals surface area contributed by atoms with Gasteiger partial charge in [0.05, 0.1) is 17.7 Å². The Morgan fingerprint density at radius 3 is 2.30 bits per heavy atom. The molecule has 1 aliphatic rings. The summed E-state index contributed by atoms with van der Waals surface area (Å²) < 4.78 is 41.3. The molecule has 30 heavy (non-hydrogen) atoms. The Bertz CT molecular complexity index is 1210. The number of hydrogen-bond acceptors (Lipinski definition) is 4. The van der Waals surface area contributed by atoms with Crippen LogP contribution >= 0.6 is 0 Å². The number of aromatic hydroxyl groups is 2. The summed E-state index contributed by atoms with van der Waals surface area (Å²) in [4.78, 5) is 26.0. The molecule has 0 bridgehead atoms. The highest BCUT2D eigenvalue weighted by atomic mass is 19.2. The fraction of sp³-hybridized carbons (Fsp3) is 0.0909. The van der Waals surface area contributed by atoms with Crippen molar-refractivity contribution >= 4 is 11.8 Å². The van der Waals surface area contributed by atoms with E-state index in [9.17, 15) is 33.0 Å². The number of phenolic OH excluding ortho intramolecular Hbond substituents is 2. The van der Waals surface area contributed by atoms with Crippen molar-refractivity contribution in [1.29, 1.82) is 0 Å². The number of rotatable bonds is 4. The first-order chi connectivity index (χ1) is 14.3. The molecular formula is C22H14F3NO4. The van der Waals surface area contributed by atoms with E-state index in [1.165, 1.54) is 6.07 Å². The first-order valence-electron chi connectivity index (χ1n) is 8.89. The molecule has 4 rings (SSSR count). The number of halogens is 3. The molecule has 1 aliphatic heterocycles. The second-order valence-electron chi connectivity index (χ2n) is 6.87. The maximum atomic E-state index is 13.9. The average Bonchev–Trinajstić information content (AvgIpc) is 2.96. The van der Waals surface area contributed by atoms with Gasteiger partial charge in [-0.1, -0.05) is 24.3 Å². The zero-order valence-electron chi connectivity index (χ0n) is 15.3. The Morgan fingerprint density at radius 1 is 0.833 bits per heavy atom. The molecule has 0 atom stereocenters. The van der Waals surface area contributed by atoms with Crippen molar-refractivity contribution < 1.29 is 33.0 Å².